The fraction of sp³-hybridized carbons (Fsp3) is 0.480. The lowest BCUT2D eigenvalue weighted by molar-refractivity contribution is -0.140. The Labute approximate surface area is 186 Å². The molecule has 5 nitrogen and oxygen atoms in total. The van der Waals surface area contributed by atoms with Crippen LogP contribution < -0.4 is 5.32 Å². The van der Waals surface area contributed by atoms with Crippen LogP contribution in [0.15, 0.2) is 35.8 Å². The molecule has 0 unspecified atom stereocenters. The van der Waals surface area contributed by atoms with E-state index in [4.69, 9.17) is 4.98 Å². The average Bonchev–Trinajstić information content (AvgIpc) is 3.34. The van der Waals surface area contributed by atoms with Crippen molar-refractivity contribution in [1.82, 2.24) is 14.5 Å². The lowest BCUT2D eigenvalue weighted by Gasteiger charge is -2.55. The molecule has 7 rings (SSSR count). The molecule has 6 heteroatoms. The van der Waals surface area contributed by atoms with Gasteiger partial charge in [-0.05, 0) is 70.1 Å². The third-order valence-corrected chi connectivity index (χ3v) is 8.56. The van der Waals surface area contributed by atoms with E-state index in [2.05, 4.69) is 46.9 Å². The van der Waals surface area contributed by atoms with E-state index in [1.807, 2.05) is 11.5 Å². The molecule has 3 aromatic rings. The number of carbonyl (C=O) groups is 1. The maximum atomic E-state index is 13.5. The standard InChI is InChI=1S/C25H28N4OS/c1-15-3-5-20(6-4-15)21-14-31-24(27-21)29-16(2)26-13-22(29)28-23(30)25-10-17-7-18(11-25)9-19(8-17)12-25/h3-6,13-14,17-19H,7-12H2,1-2H3,(H,28,30). The van der Waals surface area contributed by atoms with Gasteiger partial charge in [0.1, 0.15) is 11.6 Å². The number of anilines is 1. The van der Waals surface area contributed by atoms with Crippen molar-refractivity contribution < 1.29 is 4.79 Å². The van der Waals surface area contributed by atoms with Gasteiger partial charge in [0.15, 0.2) is 5.13 Å². The Morgan fingerprint density at radius 2 is 1.71 bits per heavy atom. The fourth-order valence-corrected chi connectivity index (χ4v) is 7.53. The summed E-state index contributed by atoms with van der Waals surface area (Å²) in [5.74, 6) is 4.02. The number of nitrogens with one attached hydrogen (secondary N) is 1. The first-order chi connectivity index (χ1) is 15.0. The van der Waals surface area contributed by atoms with Gasteiger partial charge in [-0.3, -0.25) is 9.36 Å². The zero-order valence-corrected chi connectivity index (χ0v) is 18.9. The maximum Gasteiger partial charge on any atom is 0.231 e. The first-order valence-electron chi connectivity index (χ1n) is 11.4. The molecule has 2 heterocycles. The molecule has 0 spiro atoms. The van der Waals surface area contributed by atoms with Crippen molar-refractivity contribution >= 4 is 23.1 Å². The monoisotopic (exact) mass is 432 g/mol. The van der Waals surface area contributed by atoms with E-state index < -0.39 is 0 Å². The molecule has 1 N–H and O–H groups in total. The van der Waals surface area contributed by atoms with Crippen LogP contribution in [-0.2, 0) is 4.79 Å². The Kier molecular flexibility index (Phi) is 4.36. The predicted octanol–water partition coefficient (Wildman–Crippen LogP) is 5.77. The number of carbonyl (C=O) groups excluding carboxylic acids is 1. The van der Waals surface area contributed by atoms with Gasteiger partial charge in [-0.2, -0.15) is 0 Å². The van der Waals surface area contributed by atoms with Gasteiger partial charge in [0, 0.05) is 10.9 Å². The summed E-state index contributed by atoms with van der Waals surface area (Å²) in [4.78, 5) is 22.9. The number of aryl methyl sites for hydroxylation is 2. The molecule has 31 heavy (non-hydrogen) atoms. The van der Waals surface area contributed by atoms with Gasteiger partial charge in [0.2, 0.25) is 5.91 Å². The number of aromatic nitrogens is 3. The minimum absolute atomic E-state index is 0.173. The number of hydrogen-bond donors (Lipinski definition) is 1. The van der Waals surface area contributed by atoms with E-state index in [-0.39, 0.29) is 11.3 Å². The molecule has 4 fully saturated rings. The van der Waals surface area contributed by atoms with Crippen LogP contribution in [0.5, 0.6) is 0 Å². The van der Waals surface area contributed by atoms with E-state index in [9.17, 15) is 4.79 Å². The Balaban J connectivity index is 1.28. The third-order valence-electron chi connectivity index (χ3n) is 7.73. The number of nitrogens with zero attached hydrogens (tertiary/aromatic N) is 3. The molecule has 1 aromatic carbocycles. The van der Waals surface area contributed by atoms with Gasteiger partial charge < -0.3 is 5.32 Å². The molecule has 160 valence electrons. The number of imidazole rings is 1. The van der Waals surface area contributed by atoms with E-state index >= 15 is 0 Å². The smallest absolute Gasteiger partial charge is 0.231 e. The lowest BCUT2D eigenvalue weighted by atomic mass is 9.49. The van der Waals surface area contributed by atoms with Gasteiger partial charge in [0.25, 0.3) is 0 Å². The maximum absolute atomic E-state index is 13.5. The number of rotatable bonds is 4. The molecule has 4 aliphatic rings. The minimum atomic E-state index is -0.173. The van der Waals surface area contributed by atoms with Crippen molar-refractivity contribution in [2.75, 3.05) is 5.32 Å². The number of benzene rings is 1. The van der Waals surface area contributed by atoms with Crippen LogP contribution in [0.3, 0.4) is 0 Å². The summed E-state index contributed by atoms with van der Waals surface area (Å²) >= 11 is 1.58. The fourth-order valence-electron chi connectivity index (χ4n) is 6.64. The molecule has 2 aromatic heterocycles. The third kappa shape index (κ3) is 3.23. The van der Waals surface area contributed by atoms with Gasteiger partial charge >= 0.3 is 0 Å². The summed E-state index contributed by atoms with van der Waals surface area (Å²) in [7, 11) is 0. The van der Waals surface area contributed by atoms with Crippen LogP contribution in [0, 0.1) is 37.0 Å². The van der Waals surface area contributed by atoms with Crippen LogP contribution in [0.25, 0.3) is 16.4 Å². The second kappa shape index (κ2) is 7.02. The summed E-state index contributed by atoms with van der Waals surface area (Å²) in [6.07, 6.45) is 8.98. The van der Waals surface area contributed by atoms with Crippen LogP contribution in [-0.4, -0.2) is 20.4 Å². The second-order valence-corrected chi connectivity index (χ2v) is 10.9. The highest BCUT2D eigenvalue weighted by Crippen LogP contribution is 2.60. The highest BCUT2D eigenvalue weighted by atomic mass is 32.1. The van der Waals surface area contributed by atoms with E-state index in [1.54, 1.807) is 17.5 Å². The molecule has 4 aliphatic carbocycles. The van der Waals surface area contributed by atoms with Crippen molar-refractivity contribution in [2.24, 2.45) is 23.2 Å². The molecule has 4 saturated carbocycles. The normalized spacial score (nSPS) is 28.8. The Bertz CT molecular complexity index is 1110. The number of amides is 1. The Morgan fingerprint density at radius 3 is 2.35 bits per heavy atom. The van der Waals surface area contributed by atoms with Gasteiger partial charge in [-0.15, -0.1) is 11.3 Å². The summed E-state index contributed by atoms with van der Waals surface area (Å²) in [5, 5.41) is 6.18. The van der Waals surface area contributed by atoms with Gasteiger partial charge in [-0.1, -0.05) is 29.8 Å². The first-order valence-corrected chi connectivity index (χ1v) is 12.3. The molecule has 0 atom stereocenters. The van der Waals surface area contributed by atoms with Crippen molar-refractivity contribution in [2.45, 2.75) is 52.4 Å². The summed E-state index contributed by atoms with van der Waals surface area (Å²) in [5.41, 5.74) is 3.11. The van der Waals surface area contributed by atoms with E-state index in [0.717, 1.165) is 65.0 Å². The van der Waals surface area contributed by atoms with Crippen LogP contribution in [0.4, 0.5) is 5.82 Å². The zero-order valence-electron chi connectivity index (χ0n) is 18.1. The second-order valence-electron chi connectivity index (χ2n) is 10.1. The molecule has 0 saturated heterocycles. The first kappa shape index (κ1) is 19.2. The topological polar surface area (TPSA) is 59.8 Å². The van der Waals surface area contributed by atoms with Crippen LogP contribution in [0.1, 0.15) is 49.9 Å². The van der Waals surface area contributed by atoms with E-state index in [1.165, 1.54) is 24.8 Å². The summed E-state index contributed by atoms with van der Waals surface area (Å²) in [6.45, 7) is 4.05. The molecular formula is C25H28N4OS. The van der Waals surface area contributed by atoms with Crippen molar-refractivity contribution in [3.63, 3.8) is 0 Å². The van der Waals surface area contributed by atoms with Gasteiger partial charge in [-0.25, -0.2) is 9.97 Å². The Morgan fingerprint density at radius 1 is 1.06 bits per heavy atom. The SMILES string of the molecule is Cc1ccc(-c2csc(-n3c(NC(=O)C45CC6CC(CC(C6)C4)C5)cnc3C)n2)cc1. The average molecular weight is 433 g/mol. The highest BCUT2D eigenvalue weighted by molar-refractivity contribution is 7.12. The largest absolute Gasteiger partial charge is 0.310 e. The molecule has 0 radical (unpaired) electrons. The molecule has 1 amide bonds. The Hall–Kier alpha value is -2.47. The van der Waals surface area contributed by atoms with Crippen molar-refractivity contribution in [3.05, 3.63) is 47.2 Å². The van der Waals surface area contributed by atoms with E-state index in [0.29, 0.717) is 0 Å². The van der Waals surface area contributed by atoms with Crippen molar-refractivity contribution in [3.8, 4) is 16.4 Å². The number of thiazole rings is 1. The lowest BCUT2D eigenvalue weighted by Crippen LogP contribution is -2.51. The van der Waals surface area contributed by atoms with Crippen molar-refractivity contribution in [1.29, 1.82) is 0 Å². The minimum Gasteiger partial charge on any atom is -0.310 e. The zero-order chi connectivity index (χ0) is 21.2. The predicted molar refractivity (Wildman–Crippen MR) is 123 cm³/mol. The van der Waals surface area contributed by atoms with Gasteiger partial charge in [0.05, 0.1) is 17.3 Å². The highest BCUT2D eigenvalue weighted by Gasteiger charge is 2.54. The quantitative estimate of drug-likeness (QED) is 0.569. The molecule has 0 aliphatic heterocycles. The van der Waals surface area contributed by atoms with Crippen LogP contribution >= 0.6 is 11.3 Å². The molecular weight excluding hydrogens is 404 g/mol. The summed E-state index contributed by atoms with van der Waals surface area (Å²) in [6, 6.07) is 8.41. The summed E-state index contributed by atoms with van der Waals surface area (Å²) < 4.78 is 1.99. The van der Waals surface area contributed by atoms with Crippen LogP contribution in [0.2, 0.25) is 0 Å². The number of hydrogen-bond acceptors (Lipinski definition) is 4. The molecule has 4 bridgehead atoms.